The summed E-state index contributed by atoms with van der Waals surface area (Å²) < 4.78 is 5.20. The lowest BCUT2D eigenvalue weighted by atomic mass is 10.1. The maximum absolute atomic E-state index is 12.4. The van der Waals surface area contributed by atoms with Crippen molar-refractivity contribution >= 4 is 17.5 Å². The first-order valence-corrected chi connectivity index (χ1v) is 7.53. The van der Waals surface area contributed by atoms with Gasteiger partial charge in [0.2, 0.25) is 5.76 Å². The van der Waals surface area contributed by atoms with E-state index < -0.39 is 0 Å². The molecule has 0 atom stereocenters. The number of rotatable bonds is 4. The summed E-state index contributed by atoms with van der Waals surface area (Å²) in [5.41, 5.74) is 2.51. The predicted octanol–water partition coefficient (Wildman–Crippen LogP) is 4.27. The van der Waals surface area contributed by atoms with Gasteiger partial charge >= 0.3 is 0 Å². The molecular formula is C18H15ClN2O2. The minimum atomic E-state index is -0.223. The van der Waals surface area contributed by atoms with E-state index in [9.17, 15) is 4.79 Å². The van der Waals surface area contributed by atoms with Crippen LogP contribution in [0.1, 0.15) is 16.1 Å². The summed E-state index contributed by atoms with van der Waals surface area (Å²) in [6.45, 7) is 0.445. The SMILES string of the molecule is CN(Cc1cccc(Cl)c1)C(=O)c1cc(-c2ccccc2)no1. The van der Waals surface area contributed by atoms with E-state index in [2.05, 4.69) is 5.16 Å². The third kappa shape index (κ3) is 3.60. The molecule has 0 radical (unpaired) electrons. The average Bonchev–Trinajstić information content (AvgIpc) is 3.05. The fourth-order valence-corrected chi connectivity index (χ4v) is 2.50. The Morgan fingerprint density at radius 3 is 2.65 bits per heavy atom. The lowest BCUT2D eigenvalue weighted by Gasteiger charge is -2.15. The van der Waals surface area contributed by atoms with Gasteiger partial charge in [-0.05, 0) is 17.7 Å². The Morgan fingerprint density at radius 2 is 1.91 bits per heavy atom. The Bertz CT molecular complexity index is 815. The van der Waals surface area contributed by atoms with Crippen LogP contribution in [0.2, 0.25) is 5.02 Å². The van der Waals surface area contributed by atoms with Crippen LogP contribution in [0.15, 0.2) is 65.2 Å². The van der Waals surface area contributed by atoms with E-state index in [1.807, 2.05) is 48.5 Å². The van der Waals surface area contributed by atoms with Crippen molar-refractivity contribution in [2.45, 2.75) is 6.54 Å². The van der Waals surface area contributed by atoms with Gasteiger partial charge in [0.15, 0.2) is 0 Å². The van der Waals surface area contributed by atoms with Crippen molar-refractivity contribution in [3.8, 4) is 11.3 Å². The maximum Gasteiger partial charge on any atom is 0.292 e. The number of hydrogen-bond donors (Lipinski definition) is 0. The Kier molecular flexibility index (Phi) is 4.44. The number of nitrogens with zero attached hydrogens (tertiary/aromatic N) is 2. The van der Waals surface area contributed by atoms with Crippen molar-refractivity contribution in [1.82, 2.24) is 10.1 Å². The standard InChI is InChI=1S/C18H15ClN2O2/c1-21(12-13-6-5-9-15(19)10-13)18(22)17-11-16(20-23-17)14-7-3-2-4-8-14/h2-11H,12H2,1H3. The first-order valence-electron chi connectivity index (χ1n) is 7.15. The highest BCUT2D eigenvalue weighted by Crippen LogP contribution is 2.20. The second-order valence-corrected chi connectivity index (χ2v) is 5.67. The van der Waals surface area contributed by atoms with Crippen LogP contribution in [-0.2, 0) is 6.54 Å². The molecule has 116 valence electrons. The van der Waals surface area contributed by atoms with E-state index in [0.717, 1.165) is 11.1 Å². The first kappa shape index (κ1) is 15.3. The third-order valence-electron chi connectivity index (χ3n) is 3.45. The van der Waals surface area contributed by atoms with Crippen LogP contribution in [-0.4, -0.2) is 23.0 Å². The Balaban J connectivity index is 1.74. The molecule has 3 aromatic rings. The summed E-state index contributed by atoms with van der Waals surface area (Å²) in [4.78, 5) is 14.0. The van der Waals surface area contributed by atoms with Gasteiger partial charge in [0, 0.05) is 30.2 Å². The van der Waals surface area contributed by atoms with Gasteiger partial charge in [0.1, 0.15) is 5.69 Å². The highest BCUT2D eigenvalue weighted by molar-refractivity contribution is 6.30. The first-order chi connectivity index (χ1) is 11.1. The molecule has 23 heavy (non-hydrogen) atoms. The fraction of sp³-hybridized carbons (Fsp3) is 0.111. The number of carbonyl (C=O) groups excluding carboxylic acids is 1. The minimum absolute atomic E-state index is 0.216. The van der Waals surface area contributed by atoms with Gasteiger partial charge in [0.05, 0.1) is 0 Å². The molecule has 1 heterocycles. The fourth-order valence-electron chi connectivity index (χ4n) is 2.29. The predicted molar refractivity (Wildman–Crippen MR) is 89.2 cm³/mol. The molecule has 0 spiro atoms. The van der Waals surface area contributed by atoms with Crippen molar-refractivity contribution in [3.63, 3.8) is 0 Å². The average molecular weight is 327 g/mol. The van der Waals surface area contributed by atoms with E-state index in [0.29, 0.717) is 17.3 Å². The quantitative estimate of drug-likeness (QED) is 0.719. The molecule has 0 N–H and O–H groups in total. The zero-order valence-corrected chi connectivity index (χ0v) is 13.3. The van der Waals surface area contributed by atoms with E-state index in [1.54, 1.807) is 24.1 Å². The molecule has 0 bridgehead atoms. The molecule has 0 fully saturated rings. The molecule has 2 aromatic carbocycles. The van der Waals surface area contributed by atoms with Crippen molar-refractivity contribution in [2.75, 3.05) is 7.05 Å². The molecule has 0 aliphatic heterocycles. The smallest absolute Gasteiger partial charge is 0.292 e. The molecule has 0 saturated carbocycles. The Hall–Kier alpha value is -2.59. The zero-order chi connectivity index (χ0) is 16.2. The van der Waals surface area contributed by atoms with Crippen LogP contribution in [0.5, 0.6) is 0 Å². The maximum atomic E-state index is 12.4. The molecule has 0 saturated heterocycles. The monoisotopic (exact) mass is 326 g/mol. The molecule has 5 heteroatoms. The second-order valence-electron chi connectivity index (χ2n) is 5.23. The van der Waals surface area contributed by atoms with Gasteiger partial charge in [-0.3, -0.25) is 4.79 Å². The largest absolute Gasteiger partial charge is 0.350 e. The van der Waals surface area contributed by atoms with E-state index in [4.69, 9.17) is 16.1 Å². The number of benzene rings is 2. The van der Waals surface area contributed by atoms with Crippen LogP contribution in [0, 0.1) is 0 Å². The summed E-state index contributed by atoms with van der Waals surface area (Å²) in [7, 11) is 1.72. The van der Waals surface area contributed by atoms with Crippen molar-refractivity contribution in [1.29, 1.82) is 0 Å². The van der Waals surface area contributed by atoms with Crippen molar-refractivity contribution in [3.05, 3.63) is 77.0 Å². The Labute approximate surface area is 139 Å². The van der Waals surface area contributed by atoms with Gasteiger partial charge in [-0.15, -0.1) is 0 Å². The van der Waals surface area contributed by atoms with Crippen molar-refractivity contribution in [2.24, 2.45) is 0 Å². The molecule has 4 nitrogen and oxygen atoms in total. The molecule has 0 unspecified atom stereocenters. The highest BCUT2D eigenvalue weighted by Gasteiger charge is 2.18. The molecular weight excluding hydrogens is 312 g/mol. The topological polar surface area (TPSA) is 46.3 Å². The van der Waals surface area contributed by atoms with Crippen LogP contribution in [0.25, 0.3) is 11.3 Å². The summed E-state index contributed by atoms with van der Waals surface area (Å²) >= 11 is 5.96. The Morgan fingerprint density at radius 1 is 1.13 bits per heavy atom. The van der Waals surface area contributed by atoms with Crippen LogP contribution in [0.4, 0.5) is 0 Å². The lowest BCUT2D eigenvalue weighted by Crippen LogP contribution is -2.25. The van der Waals surface area contributed by atoms with Gasteiger partial charge in [-0.2, -0.15) is 0 Å². The van der Waals surface area contributed by atoms with Gasteiger partial charge in [-0.25, -0.2) is 0 Å². The van der Waals surface area contributed by atoms with E-state index >= 15 is 0 Å². The number of carbonyl (C=O) groups is 1. The van der Waals surface area contributed by atoms with Gasteiger partial charge < -0.3 is 9.42 Å². The lowest BCUT2D eigenvalue weighted by molar-refractivity contribution is 0.0743. The third-order valence-corrected chi connectivity index (χ3v) is 3.68. The highest BCUT2D eigenvalue weighted by atomic mass is 35.5. The molecule has 3 rings (SSSR count). The minimum Gasteiger partial charge on any atom is -0.350 e. The van der Waals surface area contributed by atoms with E-state index in [-0.39, 0.29) is 11.7 Å². The zero-order valence-electron chi connectivity index (χ0n) is 12.6. The summed E-state index contributed by atoms with van der Waals surface area (Å²) in [5, 5.41) is 4.62. The van der Waals surface area contributed by atoms with Crippen LogP contribution in [0.3, 0.4) is 0 Å². The van der Waals surface area contributed by atoms with Gasteiger partial charge in [0.25, 0.3) is 5.91 Å². The van der Waals surface area contributed by atoms with Crippen LogP contribution < -0.4 is 0 Å². The normalized spacial score (nSPS) is 10.5. The summed E-state index contributed by atoms with van der Waals surface area (Å²) in [5.74, 6) is -0.00645. The number of halogens is 1. The van der Waals surface area contributed by atoms with Crippen molar-refractivity contribution < 1.29 is 9.32 Å². The van der Waals surface area contributed by atoms with Gasteiger partial charge in [-0.1, -0.05) is 59.2 Å². The number of aromatic nitrogens is 1. The summed E-state index contributed by atoms with van der Waals surface area (Å²) in [6.07, 6.45) is 0. The molecule has 1 aromatic heterocycles. The number of amides is 1. The second kappa shape index (κ2) is 6.67. The molecule has 1 amide bonds. The summed E-state index contributed by atoms with van der Waals surface area (Å²) in [6, 6.07) is 18.7. The van der Waals surface area contributed by atoms with E-state index in [1.165, 1.54) is 0 Å². The molecule has 0 aliphatic carbocycles. The van der Waals surface area contributed by atoms with Crippen LogP contribution >= 0.6 is 11.6 Å². The number of hydrogen-bond acceptors (Lipinski definition) is 3. The molecule has 0 aliphatic rings.